The summed E-state index contributed by atoms with van der Waals surface area (Å²) in [5.74, 6) is -0.102. The van der Waals surface area contributed by atoms with Crippen LogP contribution in [0.15, 0.2) is 59.6 Å². The third-order valence-corrected chi connectivity index (χ3v) is 5.35. The van der Waals surface area contributed by atoms with Crippen molar-refractivity contribution in [3.05, 3.63) is 76.6 Å². The van der Waals surface area contributed by atoms with Gasteiger partial charge in [-0.1, -0.05) is 54.2 Å². The lowest BCUT2D eigenvalue weighted by Gasteiger charge is -2.16. The Kier molecular flexibility index (Phi) is 4.53. The molecule has 0 N–H and O–H groups in total. The molecule has 0 spiro atoms. The van der Waals surface area contributed by atoms with Crippen LogP contribution in [0.5, 0.6) is 0 Å². The van der Waals surface area contributed by atoms with Crippen molar-refractivity contribution in [2.75, 3.05) is 14.1 Å². The minimum atomic E-state index is -0.247. The first-order valence-electron chi connectivity index (χ1n) is 7.48. The van der Waals surface area contributed by atoms with Crippen molar-refractivity contribution in [3.63, 3.8) is 0 Å². The maximum Gasteiger partial charge on any atom is 0.176 e. The zero-order valence-electron chi connectivity index (χ0n) is 13.1. The first-order chi connectivity index (χ1) is 11.1. The first-order valence-corrected chi connectivity index (χ1v) is 8.36. The number of thioether (sulfide) groups is 1. The summed E-state index contributed by atoms with van der Waals surface area (Å²) >= 11 is 1.59. The van der Waals surface area contributed by atoms with Crippen molar-refractivity contribution < 1.29 is 9.18 Å². The molecule has 1 aliphatic rings. The zero-order valence-corrected chi connectivity index (χ0v) is 13.9. The second-order valence-electron chi connectivity index (χ2n) is 5.73. The zero-order chi connectivity index (χ0) is 16.4. The van der Waals surface area contributed by atoms with Crippen LogP contribution < -0.4 is 0 Å². The van der Waals surface area contributed by atoms with E-state index in [0.29, 0.717) is 6.42 Å². The van der Waals surface area contributed by atoms with Gasteiger partial charge in [-0.05, 0) is 29.7 Å². The van der Waals surface area contributed by atoms with E-state index in [2.05, 4.69) is 0 Å². The predicted octanol–water partition coefficient (Wildman–Crippen LogP) is 4.44. The molecule has 0 saturated carbocycles. The molecule has 0 aliphatic carbocycles. The normalized spacial score (nSPS) is 17.4. The quantitative estimate of drug-likeness (QED) is 0.774. The summed E-state index contributed by atoms with van der Waals surface area (Å²) in [7, 11) is 3.95. The van der Waals surface area contributed by atoms with Crippen LogP contribution in [-0.4, -0.2) is 30.0 Å². The molecule has 23 heavy (non-hydrogen) atoms. The fourth-order valence-corrected chi connectivity index (χ4v) is 4.04. The van der Waals surface area contributed by atoms with Gasteiger partial charge in [0.05, 0.1) is 10.3 Å². The van der Waals surface area contributed by atoms with Crippen molar-refractivity contribution in [1.82, 2.24) is 4.90 Å². The number of benzene rings is 2. The van der Waals surface area contributed by atoms with Gasteiger partial charge in [-0.25, -0.2) is 4.39 Å². The van der Waals surface area contributed by atoms with Crippen LogP contribution in [0, 0.1) is 5.82 Å². The number of halogens is 1. The van der Waals surface area contributed by atoms with E-state index in [4.69, 9.17) is 0 Å². The Morgan fingerprint density at radius 1 is 1.09 bits per heavy atom. The number of hydrogen-bond donors (Lipinski definition) is 0. The highest BCUT2D eigenvalue weighted by molar-refractivity contribution is 8.04. The molecule has 0 saturated heterocycles. The van der Waals surface area contributed by atoms with Gasteiger partial charge >= 0.3 is 0 Å². The van der Waals surface area contributed by atoms with Crippen molar-refractivity contribution in [2.45, 2.75) is 11.7 Å². The Bertz CT molecular complexity index is 738. The molecule has 0 amide bonds. The number of allylic oxidation sites excluding steroid dienone is 1. The van der Waals surface area contributed by atoms with E-state index in [1.165, 1.54) is 12.1 Å². The maximum absolute atomic E-state index is 13.2. The molecule has 1 unspecified atom stereocenters. The summed E-state index contributed by atoms with van der Waals surface area (Å²) in [5, 5.41) is 0.945. The van der Waals surface area contributed by atoms with Crippen LogP contribution in [0.4, 0.5) is 4.39 Å². The van der Waals surface area contributed by atoms with Gasteiger partial charge in [0.15, 0.2) is 5.78 Å². The fourth-order valence-electron chi connectivity index (χ4n) is 2.72. The fraction of sp³-hybridized carbons (Fsp3) is 0.211. The second kappa shape index (κ2) is 6.59. The van der Waals surface area contributed by atoms with E-state index in [1.54, 1.807) is 23.9 Å². The number of Topliss-reactive ketones (excluding diaryl/α,β-unsaturated/α-hetero) is 1. The van der Waals surface area contributed by atoms with Gasteiger partial charge in [-0.15, -0.1) is 0 Å². The van der Waals surface area contributed by atoms with Crippen LogP contribution >= 0.6 is 11.8 Å². The van der Waals surface area contributed by atoms with Gasteiger partial charge < -0.3 is 4.90 Å². The van der Waals surface area contributed by atoms with Gasteiger partial charge in [0.2, 0.25) is 0 Å². The maximum atomic E-state index is 13.2. The van der Waals surface area contributed by atoms with E-state index in [0.717, 1.165) is 21.7 Å². The number of rotatable bonds is 4. The highest BCUT2D eigenvalue weighted by atomic mass is 32.2. The summed E-state index contributed by atoms with van der Waals surface area (Å²) in [4.78, 5) is 14.7. The van der Waals surface area contributed by atoms with Crippen LogP contribution in [0.25, 0.3) is 5.57 Å². The highest BCUT2D eigenvalue weighted by Crippen LogP contribution is 2.44. The topological polar surface area (TPSA) is 20.3 Å². The monoisotopic (exact) mass is 327 g/mol. The number of hydrogen-bond acceptors (Lipinski definition) is 3. The number of carbonyl (C=O) groups excluding carboxylic acids is 1. The van der Waals surface area contributed by atoms with Crippen LogP contribution in [0.3, 0.4) is 0 Å². The average molecular weight is 327 g/mol. The third-order valence-electron chi connectivity index (χ3n) is 3.85. The van der Waals surface area contributed by atoms with Crippen molar-refractivity contribution in [3.8, 4) is 0 Å². The van der Waals surface area contributed by atoms with E-state index in [1.807, 2.05) is 49.3 Å². The lowest BCUT2D eigenvalue weighted by Crippen LogP contribution is -2.15. The molecule has 2 aromatic rings. The third kappa shape index (κ3) is 3.32. The molecule has 0 aromatic heterocycles. The number of nitrogens with zero attached hydrogens (tertiary/aromatic N) is 1. The smallest absolute Gasteiger partial charge is 0.176 e. The van der Waals surface area contributed by atoms with Crippen LogP contribution in [-0.2, 0) is 0 Å². The van der Waals surface area contributed by atoms with Crippen molar-refractivity contribution >= 4 is 23.1 Å². The van der Waals surface area contributed by atoms with Gasteiger partial charge in [-0.2, -0.15) is 0 Å². The van der Waals surface area contributed by atoms with E-state index < -0.39 is 0 Å². The first kappa shape index (κ1) is 15.8. The Labute approximate surface area is 140 Å². The van der Waals surface area contributed by atoms with Gasteiger partial charge in [0.25, 0.3) is 0 Å². The molecule has 3 rings (SSSR count). The van der Waals surface area contributed by atoms with Crippen LogP contribution in [0.1, 0.15) is 22.3 Å². The largest absolute Gasteiger partial charge is 0.372 e. The Hall–Kier alpha value is -2.07. The molecule has 118 valence electrons. The summed E-state index contributed by atoms with van der Waals surface area (Å²) in [6.07, 6.45) is 0.664. The Morgan fingerprint density at radius 2 is 1.74 bits per heavy atom. The van der Waals surface area contributed by atoms with Gasteiger partial charge in [0, 0.05) is 19.7 Å². The number of ketones is 1. The Balaban J connectivity index is 1.88. The molecule has 0 fully saturated rings. The summed E-state index contributed by atoms with van der Waals surface area (Å²) in [5.41, 5.74) is 2.82. The molecule has 1 atom stereocenters. The minimum Gasteiger partial charge on any atom is -0.372 e. The Morgan fingerprint density at radius 3 is 2.35 bits per heavy atom. The van der Waals surface area contributed by atoms with E-state index >= 15 is 0 Å². The molecular weight excluding hydrogens is 309 g/mol. The lowest BCUT2D eigenvalue weighted by molar-refractivity contribution is 0.0991. The molecule has 2 aromatic carbocycles. The standard InChI is InChI=1S/C19H18FNOS/c1-21(2)19-16(13-8-10-15(20)11-9-13)12-17(23-19)18(22)14-6-4-3-5-7-14/h3-11,17H,12H2,1-2H3. The number of carbonyl (C=O) groups is 1. The molecular formula is C19H18FNOS. The summed E-state index contributed by atoms with van der Waals surface area (Å²) in [6, 6.07) is 15.9. The molecule has 1 heterocycles. The summed E-state index contributed by atoms with van der Waals surface area (Å²) < 4.78 is 13.2. The van der Waals surface area contributed by atoms with E-state index in [9.17, 15) is 9.18 Å². The van der Waals surface area contributed by atoms with Crippen molar-refractivity contribution in [2.24, 2.45) is 0 Å². The molecule has 1 aliphatic heterocycles. The molecule has 0 radical (unpaired) electrons. The van der Waals surface area contributed by atoms with Crippen LogP contribution in [0.2, 0.25) is 0 Å². The van der Waals surface area contributed by atoms with Crippen molar-refractivity contribution in [1.29, 1.82) is 0 Å². The second-order valence-corrected chi connectivity index (χ2v) is 6.92. The highest BCUT2D eigenvalue weighted by Gasteiger charge is 2.32. The SMILES string of the molecule is CN(C)C1=C(c2ccc(F)cc2)CC(C(=O)c2ccccc2)S1. The summed E-state index contributed by atoms with van der Waals surface area (Å²) in [6.45, 7) is 0. The average Bonchev–Trinajstić information content (AvgIpc) is 3.01. The van der Waals surface area contributed by atoms with Gasteiger partial charge in [-0.3, -0.25) is 4.79 Å². The lowest BCUT2D eigenvalue weighted by atomic mass is 9.98. The van der Waals surface area contributed by atoms with Gasteiger partial charge in [0.1, 0.15) is 5.82 Å². The molecule has 0 bridgehead atoms. The predicted molar refractivity (Wildman–Crippen MR) is 93.8 cm³/mol. The molecule has 2 nitrogen and oxygen atoms in total. The van der Waals surface area contributed by atoms with E-state index in [-0.39, 0.29) is 16.9 Å². The minimum absolute atomic E-state index is 0.130. The molecule has 4 heteroatoms.